The Morgan fingerprint density at radius 3 is 2.82 bits per heavy atom. The van der Waals surface area contributed by atoms with E-state index in [4.69, 9.17) is 12.2 Å². The molecule has 0 radical (unpaired) electrons. The van der Waals surface area contributed by atoms with E-state index < -0.39 is 0 Å². The molecule has 2 aliphatic heterocycles. The molecular weight excluding hydrogens is 296 g/mol. The molecule has 0 spiro atoms. The van der Waals surface area contributed by atoms with Crippen molar-refractivity contribution in [2.24, 2.45) is 5.92 Å². The van der Waals surface area contributed by atoms with Gasteiger partial charge in [0, 0.05) is 37.3 Å². The zero-order valence-corrected chi connectivity index (χ0v) is 14.2. The molecule has 1 fully saturated rings. The second-order valence-corrected chi connectivity index (χ2v) is 7.27. The van der Waals surface area contributed by atoms with Crippen molar-refractivity contribution in [1.82, 2.24) is 14.8 Å². The molecule has 6 heteroatoms. The molecule has 3 heterocycles. The fourth-order valence-corrected chi connectivity index (χ4v) is 4.05. The number of thiocarbonyl (C=S) groups is 1. The summed E-state index contributed by atoms with van der Waals surface area (Å²) in [6, 6.07) is 4.20. The summed E-state index contributed by atoms with van der Waals surface area (Å²) in [5, 5.41) is 6.66. The van der Waals surface area contributed by atoms with Crippen molar-refractivity contribution in [3.05, 3.63) is 28.2 Å². The lowest BCUT2D eigenvalue weighted by atomic mass is 9.83. The Hall–Kier alpha value is -1.40. The molecule has 0 amide bonds. The van der Waals surface area contributed by atoms with E-state index in [0.717, 1.165) is 19.6 Å². The highest BCUT2D eigenvalue weighted by Gasteiger charge is 2.33. The van der Waals surface area contributed by atoms with Crippen molar-refractivity contribution >= 4 is 23.0 Å². The quantitative estimate of drug-likeness (QED) is 0.811. The third-order valence-corrected chi connectivity index (χ3v) is 4.67. The predicted molar refractivity (Wildman–Crippen MR) is 93.5 cm³/mol. The predicted octanol–water partition coefficient (Wildman–Crippen LogP) is 1.59. The van der Waals surface area contributed by atoms with Gasteiger partial charge in [0.05, 0.1) is 0 Å². The number of anilines is 1. The minimum atomic E-state index is 0.0460. The molecule has 120 valence electrons. The summed E-state index contributed by atoms with van der Waals surface area (Å²) < 4.78 is 1.95. The summed E-state index contributed by atoms with van der Waals surface area (Å²) in [6.45, 7) is 6.97. The highest BCUT2D eigenvalue weighted by atomic mass is 32.1. The Bertz CT molecular complexity index is 640. The first kappa shape index (κ1) is 15.5. The van der Waals surface area contributed by atoms with Crippen LogP contribution in [0.2, 0.25) is 0 Å². The van der Waals surface area contributed by atoms with Crippen LogP contribution in [-0.4, -0.2) is 40.8 Å². The Morgan fingerprint density at radius 1 is 1.32 bits per heavy atom. The number of aromatic nitrogens is 1. The highest BCUT2D eigenvalue weighted by molar-refractivity contribution is 7.80. The van der Waals surface area contributed by atoms with Crippen LogP contribution in [-0.2, 0) is 6.54 Å². The van der Waals surface area contributed by atoms with Gasteiger partial charge in [-0.1, -0.05) is 0 Å². The molecule has 0 aromatic carbocycles. The molecule has 1 saturated heterocycles. The van der Waals surface area contributed by atoms with E-state index >= 15 is 0 Å². The van der Waals surface area contributed by atoms with E-state index in [1.807, 2.05) is 24.5 Å². The van der Waals surface area contributed by atoms with Crippen molar-refractivity contribution in [2.45, 2.75) is 38.8 Å². The number of rotatable bonds is 2. The second kappa shape index (κ2) is 6.01. The number of likely N-dealkylation sites (tertiary alicyclic amines) is 1. The molecule has 2 bridgehead atoms. The molecule has 1 aromatic rings. The Balaban J connectivity index is 1.87. The van der Waals surface area contributed by atoms with Crippen LogP contribution in [0.25, 0.3) is 0 Å². The number of likely N-dealkylation sites (N-methyl/N-ethyl adjacent to an activating group) is 1. The molecule has 2 aliphatic rings. The smallest absolute Gasteiger partial charge is 0.274 e. The SMILES string of the molecule is CC(C)NC(=S)Nc1ccc2n(c1=O)C[C@@H]1C[C@H]2CN(C)C1. The Labute approximate surface area is 136 Å². The Kier molecular flexibility index (Phi) is 4.23. The number of hydrogen-bond acceptors (Lipinski definition) is 3. The topological polar surface area (TPSA) is 49.3 Å². The fraction of sp³-hybridized carbons (Fsp3) is 0.625. The summed E-state index contributed by atoms with van der Waals surface area (Å²) in [5.74, 6) is 1.05. The van der Waals surface area contributed by atoms with Gasteiger partial charge in [-0.3, -0.25) is 4.79 Å². The number of pyridine rings is 1. The maximum atomic E-state index is 12.7. The van der Waals surface area contributed by atoms with E-state index in [0.29, 0.717) is 22.6 Å². The fourth-order valence-electron chi connectivity index (χ4n) is 3.70. The lowest BCUT2D eigenvalue weighted by Crippen LogP contribution is -2.46. The van der Waals surface area contributed by atoms with Gasteiger partial charge in [-0.15, -0.1) is 0 Å². The summed E-state index contributed by atoms with van der Waals surface area (Å²) in [4.78, 5) is 15.1. The van der Waals surface area contributed by atoms with Crippen LogP contribution >= 0.6 is 12.2 Å². The van der Waals surface area contributed by atoms with Gasteiger partial charge in [0.15, 0.2) is 5.11 Å². The minimum absolute atomic E-state index is 0.0460. The zero-order valence-electron chi connectivity index (χ0n) is 13.4. The third kappa shape index (κ3) is 3.03. The number of piperidine rings is 1. The molecule has 2 N–H and O–H groups in total. The van der Waals surface area contributed by atoms with Crippen molar-refractivity contribution in [3.8, 4) is 0 Å². The number of hydrogen-bond donors (Lipinski definition) is 2. The molecule has 22 heavy (non-hydrogen) atoms. The van der Waals surface area contributed by atoms with Crippen LogP contribution < -0.4 is 16.2 Å². The summed E-state index contributed by atoms with van der Waals surface area (Å²) >= 11 is 5.25. The first-order valence-electron chi connectivity index (χ1n) is 7.94. The summed E-state index contributed by atoms with van der Waals surface area (Å²) in [6.07, 6.45) is 1.20. The first-order valence-corrected chi connectivity index (χ1v) is 8.34. The maximum absolute atomic E-state index is 12.7. The van der Waals surface area contributed by atoms with Crippen LogP contribution in [0.1, 0.15) is 31.9 Å². The number of fused-ring (bicyclic) bond motifs is 4. The normalized spacial score (nSPS) is 24.0. The van der Waals surface area contributed by atoms with E-state index in [-0.39, 0.29) is 11.6 Å². The van der Waals surface area contributed by atoms with Crippen molar-refractivity contribution in [3.63, 3.8) is 0 Å². The molecule has 0 unspecified atom stereocenters. The zero-order chi connectivity index (χ0) is 15.9. The van der Waals surface area contributed by atoms with Gasteiger partial charge in [0.2, 0.25) is 0 Å². The minimum Gasteiger partial charge on any atom is -0.360 e. The van der Waals surface area contributed by atoms with E-state index in [9.17, 15) is 4.79 Å². The van der Waals surface area contributed by atoms with Gasteiger partial charge in [0.1, 0.15) is 5.69 Å². The van der Waals surface area contributed by atoms with E-state index in [2.05, 4.69) is 28.6 Å². The standard InChI is InChI=1S/C16H24N4OS/c1-10(2)17-16(22)18-13-4-5-14-12-6-11(7-19(3)9-12)8-20(14)15(13)21/h4-5,10-12H,6-9H2,1-3H3,(H2,17,18,22)/t11-,12+/m1/s1. The number of nitrogens with one attached hydrogen (secondary N) is 2. The monoisotopic (exact) mass is 320 g/mol. The Morgan fingerprint density at radius 2 is 2.09 bits per heavy atom. The highest BCUT2D eigenvalue weighted by Crippen LogP contribution is 2.34. The van der Waals surface area contributed by atoms with Crippen molar-refractivity contribution in [1.29, 1.82) is 0 Å². The van der Waals surface area contributed by atoms with Gasteiger partial charge in [-0.25, -0.2) is 0 Å². The van der Waals surface area contributed by atoms with Gasteiger partial charge in [-0.05, 0) is 57.6 Å². The van der Waals surface area contributed by atoms with Gasteiger partial charge < -0.3 is 20.1 Å². The lowest BCUT2D eigenvalue weighted by Gasteiger charge is -2.41. The van der Waals surface area contributed by atoms with Crippen LogP contribution in [0, 0.1) is 5.92 Å². The molecule has 5 nitrogen and oxygen atoms in total. The van der Waals surface area contributed by atoms with E-state index in [1.165, 1.54) is 12.1 Å². The van der Waals surface area contributed by atoms with Crippen LogP contribution in [0.4, 0.5) is 5.69 Å². The molecule has 0 aliphatic carbocycles. The van der Waals surface area contributed by atoms with Crippen molar-refractivity contribution in [2.75, 3.05) is 25.5 Å². The van der Waals surface area contributed by atoms with Gasteiger partial charge in [-0.2, -0.15) is 0 Å². The second-order valence-electron chi connectivity index (χ2n) is 6.86. The summed E-state index contributed by atoms with van der Waals surface area (Å²) in [7, 11) is 2.17. The van der Waals surface area contributed by atoms with Gasteiger partial charge >= 0.3 is 0 Å². The molecule has 1 aromatic heterocycles. The molecule has 0 saturated carbocycles. The average molecular weight is 320 g/mol. The van der Waals surface area contributed by atoms with Gasteiger partial charge in [0.25, 0.3) is 5.56 Å². The number of nitrogens with zero attached hydrogens (tertiary/aromatic N) is 2. The summed E-state index contributed by atoms with van der Waals surface area (Å²) in [5.41, 5.74) is 1.78. The van der Waals surface area contributed by atoms with Crippen LogP contribution in [0.15, 0.2) is 16.9 Å². The lowest BCUT2D eigenvalue weighted by molar-refractivity contribution is 0.145. The first-order chi connectivity index (χ1) is 10.4. The third-order valence-electron chi connectivity index (χ3n) is 4.45. The van der Waals surface area contributed by atoms with Crippen LogP contribution in [0.5, 0.6) is 0 Å². The molecule has 2 atom stereocenters. The molecular formula is C16H24N4OS. The molecule has 3 rings (SSSR count). The average Bonchev–Trinajstić information content (AvgIpc) is 2.41. The van der Waals surface area contributed by atoms with Crippen molar-refractivity contribution < 1.29 is 0 Å². The van der Waals surface area contributed by atoms with Crippen LogP contribution in [0.3, 0.4) is 0 Å². The van der Waals surface area contributed by atoms with E-state index in [1.54, 1.807) is 0 Å². The largest absolute Gasteiger partial charge is 0.360 e. The maximum Gasteiger partial charge on any atom is 0.274 e.